The van der Waals surface area contributed by atoms with E-state index in [0.717, 1.165) is 18.6 Å². The molecule has 3 nitrogen and oxygen atoms in total. The Morgan fingerprint density at radius 1 is 1.40 bits per heavy atom. The Morgan fingerprint density at radius 2 is 2.20 bits per heavy atom. The maximum absolute atomic E-state index is 8.91. The second kappa shape index (κ2) is 4.22. The first-order valence-corrected chi connectivity index (χ1v) is 5.08. The van der Waals surface area contributed by atoms with E-state index in [1.165, 1.54) is 6.42 Å². The fourth-order valence-electron chi connectivity index (χ4n) is 1.49. The van der Waals surface area contributed by atoms with Crippen molar-refractivity contribution in [1.82, 2.24) is 0 Å². The predicted molar refractivity (Wildman–Crippen MR) is 56.0 cm³/mol. The zero-order chi connectivity index (χ0) is 10.7. The number of hydrogen-bond donors (Lipinski definition) is 0. The highest BCUT2D eigenvalue weighted by Crippen LogP contribution is 2.30. The second-order valence-corrected chi connectivity index (χ2v) is 3.64. The number of methoxy groups -OCH3 is 1. The Bertz CT molecular complexity index is 391. The monoisotopic (exact) mass is 203 g/mol. The highest BCUT2D eigenvalue weighted by molar-refractivity contribution is 5.47. The van der Waals surface area contributed by atoms with Crippen LogP contribution < -0.4 is 9.47 Å². The van der Waals surface area contributed by atoms with Crippen LogP contribution in [0.5, 0.6) is 11.5 Å². The van der Waals surface area contributed by atoms with Gasteiger partial charge in [0, 0.05) is 6.07 Å². The molecule has 1 aromatic carbocycles. The summed E-state index contributed by atoms with van der Waals surface area (Å²) in [4.78, 5) is 0. The molecule has 1 saturated carbocycles. The molecule has 0 spiro atoms. The van der Waals surface area contributed by atoms with Gasteiger partial charge in [-0.2, -0.15) is 5.26 Å². The molecule has 0 amide bonds. The maximum Gasteiger partial charge on any atom is 0.141 e. The van der Waals surface area contributed by atoms with Gasteiger partial charge in [-0.1, -0.05) is 0 Å². The summed E-state index contributed by atoms with van der Waals surface area (Å²) in [5, 5.41) is 8.91. The van der Waals surface area contributed by atoms with Crippen molar-refractivity contribution in [3.63, 3.8) is 0 Å². The summed E-state index contributed by atoms with van der Waals surface area (Å²) in [6, 6.07) is 7.39. The molecular weight excluding hydrogens is 190 g/mol. The van der Waals surface area contributed by atoms with Crippen molar-refractivity contribution in [3.8, 4) is 17.6 Å². The Morgan fingerprint density at radius 3 is 2.73 bits per heavy atom. The first kappa shape index (κ1) is 9.85. The standard InChI is InChI=1S/C12H13NO2/c1-14-11-6-5-9(8-13)12(7-11)15-10-3-2-4-10/h5-7,10H,2-4H2,1H3. The number of nitriles is 1. The minimum atomic E-state index is 0.282. The maximum atomic E-state index is 8.91. The van der Waals surface area contributed by atoms with Crippen molar-refractivity contribution >= 4 is 0 Å². The molecule has 0 atom stereocenters. The topological polar surface area (TPSA) is 42.2 Å². The molecule has 0 aliphatic heterocycles. The molecule has 0 bridgehead atoms. The smallest absolute Gasteiger partial charge is 0.141 e. The normalized spacial score (nSPS) is 15.2. The lowest BCUT2D eigenvalue weighted by Gasteiger charge is -2.26. The van der Waals surface area contributed by atoms with Gasteiger partial charge >= 0.3 is 0 Å². The zero-order valence-electron chi connectivity index (χ0n) is 8.69. The van der Waals surface area contributed by atoms with Gasteiger partial charge in [-0.15, -0.1) is 0 Å². The number of hydrogen-bond acceptors (Lipinski definition) is 3. The molecule has 0 saturated heterocycles. The van der Waals surface area contributed by atoms with E-state index in [-0.39, 0.29) is 6.10 Å². The molecule has 0 radical (unpaired) electrons. The van der Waals surface area contributed by atoms with Gasteiger partial charge in [-0.05, 0) is 31.4 Å². The Kier molecular flexibility index (Phi) is 2.77. The lowest BCUT2D eigenvalue weighted by Crippen LogP contribution is -2.24. The summed E-state index contributed by atoms with van der Waals surface area (Å²) in [5.41, 5.74) is 0.572. The number of rotatable bonds is 3. The molecule has 15 heavy (non-hydrogen) atoms. The summed E-state index contributed by atoms with van der Waals surface area (Å²) >= 11 is 0. The van der Waals surface area contributed by atoms with Crippen LogP contribution in [0.4, 0.5) is 0 Å². The third-order valence-electron chi connectivity index (χ3n) is 2.66. The van der Waals surface area contributed by atoms with Gasteiger partial charge in [-0.3, -0.25) is 0 Å². The van der Waals surface area contributed by atoms with Crippen molar-refractivity contribution in [2.75, 3.05) is 7.11 Å². The molecule has 0 aromatic heterocycles. The molecule has 2 rings (SSSR count). The average molecular weight is 203 g/mol. The second-order valence-electron chi connectivity index (χ2n) is 3.64. The third-order valence-corrected chi connectivity index (χ3v) is 2.66. The lowest BCUT2D eigenvalue weighted by molar-refractivity contribution is 0.119. The number of nitrogens with zero attached hydrogens (tertiary/aromatic N) is 1. The summed E-state index contributed by atoms with van der Waals surface area (Å²) in [6.45, 7) is 0. The predicted octanol–water partition coefficient (Wildman–Crippen LogP) is 2.50. The Labute approximate surface area is 89.2 Å². The molecule has 3 heteroatoms. The van der Waals surface area contributed by atoms with Crippen LogP contribution in [0.1, 0.15) is 24.8 Å². The number of benzene rings is 1. The third kappa shape index (κ3) is 2.04. The lowest BCUT2D eigenvalue weighted by atomic mass is 9.96. The fraction of sp³-hybridized carbons (Fsp3) is 0.417. The SMILES string of the molecule is COc1ccc(C#N)c(OC2CCC2)c1. The fourth-order valence-corrected chi connectivity index (χ4v) is 1.49. The van der Waals surface area contributed by atoms with E-state index in [1.54, 1.807) is 25.3 Å². The van der Waals surface area contributed by atoms with Gasteiger partial charge in [0.15, 0.2) is 0 Å². The van der Waals surface area contributed by atoms with Gasteiger partial charge in [0.25, 0.3) is 0 Å². The van der Waals surface area contributed by atoms with Crippen LogP contribution in [0.25, 0.3) is 0 Å². The Hall–Kier alpha value is -1.69. The van der Waals surface area contributed by atoms with Crippen LogP contribution in [-0.2, 0) is 0 Å². The highest BCUT2D eigenvalue weighted by atomic mass is 16.5. The van der Waals surface area contributed by atoms with Gasteiger partial charge in [0.2, 0.25) is 0 Å². The quantitative estimate of drug-likeness (QED) is 0.758. The van der Waals surface area contributed by atoms with E-state index in [9.17, 15) is 0 Å². The van der Waals surface area contributed by atoms with E-state index in [2.05, 4.69) is 6.07 Å². The van der Waals surface area contributed by atoms with Crippen LogP contribution >= 0.6 is 0 Å². The zero-order valence-corrected chi connectivity index (χ0v) is 8.69. The Balaban J connectivity index is 2.21. The van der Waals surface area contributed by atoms with Crippen molar-refractivity contribution < 1.29 is 9.47 Å². The molecule has 0 heterocycles. The van der Waals surface area contributed by atoms with Gasteiger partial charge in [0.05, 0.1) is 18.8 Å². The van der Waals surface area contributed by atoms with Crippen LogP contribution in [-0.4, -0.2) is 13.2 Å². The van der Waals surface area contributed by atoms with Crippen LogP contribution in [0, 0.1) is 11.3 Å². The van der Waals surface area contributed by atoms with Gasteiger partial charge in [-0.25, -0.2) is 0 Å². The number of ether oxygens (including phenoxy) is 2. The molecule has 0 unspecified atom stereocenters. The van der Waals surface area contributed by atoms with Crippen LogP contribution in [0.3, 0.4) is 0 Å². The largest absolute Gasteiger partial charge is 0.497 e. The summed E-state index contributed by atoms with van der Waals surface area (Å²) in [7, 11) is 1.61. The minimum Gasteiger partial charge on any atom is -0.497 e. The summed E-state index contributed by atoms with van der Waals surface area (Å²) < 4.78 is 10.8. The van der Waals surface area contributed by atoms with E-state index >= 15 is 0 Å². The minimum absolute atomic E-state index is 0.282. The molecule has 1 aliphatic rings. The van der Waals surface area contributed by atoms with Gasteiger partial charge in [0.1, 0.15) is 17.6 Å². The molecule has 0 N–H and O–H groups in total. The van der Waals surface area contributed by atoms with E-state index in [0.29, 0.717) is 11.3 Å². The molecule has 1 aromatic rings. The molecule has 78 valence electrons. The first-order chi connectivity index (χ1) is 7.33. The average Bonchev–Trinajstić information content (AvgIpc) is 2.23. The van der Waals surface area contributed by atoms with Crippen molar-refractivity contribution in [2.45, 2.75) is 25.4 Å². The van der Waals surface area contributed by atoms with Crippen molar-refractivity contribution in [2.24, 2.45) is 0 Å². The molecule has 1 aliphatic carbocycles. The summed E-state index contributed by atoms with van der Waals surface area (Å²) in [6.07, 6.45) is 3.67. The molecule has 1 fully saturated rings. The first-order valence-electron chi connectivity index (χ1n) is 5.08. The van der Waals surface area contributed by atoms with Crippen molar-refractivity contribution in [1.29, 1.82) is 5.26 Å². The van der Waals surface area contributed by atoms with Crippen LogP contribution in [0.2, 0.25) is 0 Å². The van der Waals surface area contributed by atoms with E-state index < -0.39 is 0 Å². The van der Waals surface area contributed by atoms with E-state index in [1.807, 2.05) is 0 Å². The van der Waals surface area contributed by atoms with Crippen LogP contribution in [0.15, 0.2) is 18.2 Å². The van der Waals surface area contributed by atoms with Crippen molar-refractivity contribution in [3.05, 3.63) is 23.8 Å². The summed E-state index contributed by atoms with van der Waals surface area (Å²) in [5.74, 6) is 1.37. The van der Waals surface area contributed by atoms with Gasteiger partial charge < -0.3 is 9.47 Å². The van der Waals surface area contributed by atoms with E-state index in [4.69, 9.17) is 14.7 Å². The molecular formula is C12H13NO2. The highest BCUT2D eigenvalue weighted by Gasteiger charge is 2.20.